The van der Waals surface area contributed by atoms with Crippen LogP contribution >= 0.6 is 11.6 Å². The molecule has 20 heavy (non-hydrogen) atoms. The third kappa shape index (κ3) is 3.62. The summed E-state index contributed by atoms with van der Waals surface area (Å²) in [7, 11) is 1.88. The Labute approximate surface area is 123 Å². The number of rotatable bonds is 5. The Balaban J connectivity index is 1.84. The first-order valence-electron chi connectivity index (χ1n) is 6.41. The van der Waals surface area contributed by atoms with Crippen molar-refractivity contribution in [3.05, 3.63) is 58.9 Å². The normalized spacial score (nSPS) is 12.2. The molecular weight excluding hydrogens is 276 g/mol. The summed E-state index contributed by atoms with van der Waals surface area (Å²) in [6.45, 7) is 0.400. The maximum Gasteiger partial charge on any atom is 0.251 e. The number of halogens is 1. The van der Waals surface area contributed by atoms with Gasteiger partial charge >= 0.3 is 0 Å². The van der Waals surface area contributed by atoms with Crippen LogP contribution in [0.15, 0.2) is 42.6 Å². The minimum absolute atomic E-state index is 0.188. The van der Waals surface area contributed by atoms with Crippen molar-refractivity contribution in [3.63, 3.8) is 0 Å². The fourth-order valence-electron chi connectivity index (χ4n) is 2.02. The lowest BCUT2D eigenvalue weighted by Crippen LogP contribution is -2.25. The number of hydrogen-bond donors (Lipinski definition) is 2. The largest absolute Gasteiger partial charge is 0.387 e. The topological polar surface area (TPSA) is 54.3 Å². The first-order valence-corrected chi connectivity index (χ1v) is 6.79. The molecule has 1 aromatic heterocycles. The molecule has 1 aromatic carbocycles. The van der Waals surface area contributed by atoms with Crippen LogP contribution in [-0.2, 0) is 7.05 Å². The van der Waals surface area contributed by atoms with Gasteiger partial charge in [-0.3, -0.25) is 4.79 Å². The van der Waals surface area contributed by atoms with Crippen molar-refractivity contribution in [1.82, 2.24) is 9.88 Å². The van der Waals surface area contributed by atoms with Crippen LogP contribution in [0, 0.1) is 0 Å². The number of carbonyl (C=O) groups excluding carboxylic acids is 1. The number of nitrogens with zero attached hydrogens (tertiary/aromatic N) is 1. The Kier molecular flexibility index (Phi) is 4.82. The monoisotopic (exact) mass is 292 g/mol. The molecule has 2 N–H and O–H groups in total. The van der Waals surface area contributed by atoms with Gasteiger partial charge in [0, 0.05) is 36.1 Å². The summed E-state index contributed by atoms with van der Waals surface area (Å²) < 4.78 is 1.86. The van der Waals surface area contributed by atoms with Crippen molar-refractivity contribution < 1.29 is 9.90 Å². The van der Waals surface area contributed by atoms with Gasteiger partial charge in [0.1, 0.15) is 0 Å². The fraction of sp³-hybridized carbons (Fsp3) is 0.267. The molecular formula is C15H17ClN2O2. The molecule has 1 heterocycles. The summed E-state index contributed by atoms with van der Waals surface area (Å²) in [5, 5.41) is 13.3. The summed E-state index contributed by atoms with van der Waals surface area (Å²) in [6, 6.07) is 10.5. The molecule has 4 nitrogen and oxygen atoms in total. The first-order chi connectivity index (χ1) is 9.58. The minimum Gasteiger partial charge on any atom is -0.387 e. The molecule has 0 bridgehead atoms. The standard InChI is InChI=1S/C15H17ClN2O2/c1-18-9-3-6-13(18)14(19)7-8-17-15(20)11-4-2-5-12(16)10-11/h2-6,9-10,14,19H,7-8H2,1H3,(H,17,20)/t14-/m0/s1. The number of aliphatic hydroxyl groups excluding tert-OH is 1. The summed E-state index contributed by atoms with van der Waals surface area (Å²) >= 11 is 5.84. The number of hydrogen-bond acceptors (Lipinski definition) is 2. The van der Waals surface area contributed by atoms with E-state index in [4.69, 9.17) is 11.6 Å². The average Bonchev–Trinajstić information content (AvgIpc) is 2.85. The maximum atomic E-state index is 11.9. The van der Waals surface area contributed by atoms with E-state index in [1.165, 1.54) is 0 Å². The molecule has 0 saturated carbocycles. The Hall–Kier alpha value is -1.78. The highest BCUT2D eigenvalue weighted by molar-refractivity contribution is 6.30. The van der Waals surface area contributed by atoms with E-state index in [1.54, 1.807) is 24.3 Å². The zero-order valence-electron chi connectivity index (χ0n) is 11.2. The second-order valence-electron chi connectivity index (χ2n) is 4.61. The Morgan fingerprint density at radius 1 is 1.40 bits per heavy atom. The van der Waals surface area contributed by atoms with Crippen molar-refractivity contribution in [2.75, 3.05) is 6.54 Å². The van der Waals surface area contributed by atoms with Crippen molar-refractivity contribution in [1.29, 1.82) is 0 Å². The van der Waals surface area contributed by atoms with Gasteiger partial charge in [-0.25, -0.2) is 0 Å². The number of nitrogens with one attached hydrogen (secondary N) is 1. The lowest BCUT2D eigenvalue weighted by Gasteiger charge is -2.12. The van der Waals surface area contributed by atoms with Crippen molar-refractivity contribution in [3.8, 4) is 0 Å². The molecule has 106 valence electrons. The van der Waals surface area contributed by atoms with E-state index in [-0.39, 0.29) is 5.91 Å². The van der Waals surface area contributed by atoms with Gasteiger partial charge in [-0.1, -0.05) is 17.7 Å². The molecule has 1 atom stereocenters. The van der Waals surface area contributed by atoms with Crippen molar-refractivity contribution in [2.24, 2.45) is 7.05 Å². The fourth-order valence-corrected chi connectivity index (χ4v) is 2.21. The van der Waals surface area contributed by atoms with Crippen LogP contribution in [-0.4, -0.2) is 22.1 Å². The molecule has 1 amide bonds. The predicted molar refractivity (Wildman–Crippen MR) is 78.8 cm³/mol. The number of aryl methyl sites for hydroxylation is 1. The highest BCUT2D eigenvalue weighted by atomic mass is 35.5. The molecule has 0 saturated heterocycles. The minimum atomic E-state index is -0.588. The number of aromatic nitrogens is 1. The summed E-state index contributed by atoms with van der Waals surface area (Å²) in [6.07, 6.45) is 1.75. The molecule has 2 rings (SSSR count). The van der Waals surface area contributed by atoms with E-state index in [2.05, 4.69) is 5.32 Å². The summed E-state index contributed by atoms with van der Waals surface area (Å²) in [5.74, 6) is -0.188. The SMILES string of the molecule is Cn1cccc1[C@@H](O)CCNC(=O)c1cccc(Cl)c1. The van der Waals surface area contributed by atoms with E-state index in [1.807, 2.05) is 29.9 Å². The van der Waals surface area contributed by atoms with Crippen LogP contribution in [0.2, 0.25) is 5.02 Å². The average molecular weight is 293 g/mol. The molecule has 0 spiro atoms. The van der Waals surface area contributed by atoms with Gasteiger partial charge in [-0.05, 0) is 36.8 Å². The second-order valence-corrected chi connectivity index (χ2v) is 5.05. The van der Waals surface area contributed by atoms with Gasteiger partial charge in [0.25, 0.3) is 5.91 Å². The van der Waals surface area contributed by atoms with E-state index in [0.29, 0.717) is 23.6 Å². The lowest BCUT2D eigenvalue weighted by molar-refractivity contribution is 0.0941. The molecule has 0 aliphatic heterocycles. The predicted octanol–water partition coefficient (Wildman–Crippen LogP) is 2.53. The lowest BCUT2D eigenvalue weighted by atomic mass is 10.1. The Morgan fingerprint density at radius 2 is 2.20 bits per heavy atom. The van der Waals surface area contributed by atoms with Gasteiger partial charge in [-0.2, -0.15) is 0 Å². The molecule has 0 aliphatic carbocycles. The Bertz CT molecular complexity index is 595. The maximum absolute atomic E-state index is 11.9. The van der Waals surface area contributed by atoms with Gasteiger partial charge in [0.15, 0.2) is 0 Å². The van der Waals surface area contributed by atoms with Crippen LogP contribution in [0.25, 0.3) is 0 Å². The zero-order chi connectivity index (χ0) is 14.5. The smallest absolute Gasteiger partial charge is 0.251 e. The zero-order valence-corrected chi connectivity index (χ0v) is 12.0. The molecule has 0 aliphatic rings. The quantitative estimate of drug-likeness (QED) is 0.890. The second kappa shape index (κ2) is 6.59. The van der Waals surface area contributed by atoms with E-state index < -0.39 is 6.10 Å². The number of carbonyl (C=O) groups is 1. The van der Waals surface area contributed by atoms with Gasteiger partial charge < -0.3 is 15.0 Å². The highest BCUT2D eigenvalue weighted by Crippen LogP contribution is 2.16. The van der Waals surface area contributed by atoms with Crippen LogP contribution < -0.4 is 5.32 Å². The summed E-state index contributed by atoms with van der Waals surface area (Å²) in [4.78, 5) is 11.9. The number of benzene rings is 1. The van der Waals surface area contributed by atoms with Crippen LogP contribution in [0.5, 0.6) is 0 Å². The number of aliphatic hydroxyl groups is 1. The summed E-state index contributed by atoms with van der Waals surface area (Å²) in [5.41, 5.74) is 1.35. The number of amides is 1. The van der Waals surface area contributed by atoms with Crippen LogP contribution in [0.3, 0.4) is 0 Å². The van der Waals surface area contributed by atoms with Crippen LogP contribution in [0.4, 0.5) is 0 Å². The molecule has 0 fully saturated rings. The van der Waals surface area contributed by atoms with E-state index in [9.17, 15) is 9.90 Å². The highest BCUT2D eigenvalue weighted by Gasteiger charge is 2.11. The third-order valence-electron chi connectivity index (χ3n) is 3.12. The molecule has 0 radical (unpaired) electrons. The van der Waals surface area contributed by atoms with E-state index >= 15 is 0 Å². The van der Waals surface area contributed by atoms with Crippen LogP contribution in [0.1, 0.15) is 28.6 Å². The molecule has 5 heteroatoms. The van der Waals surface area contributed by atoms with Gasteiger partial charge in [0.05, 0.1) is 6.10 Å². The van der Waals surface area contributed by atoms with Crippen molar-refractivity contribution >= 4 is 17.5 Å². The Morgan fingerprint density at radius 3 is 2.85 bits per heavy atom. The first kappa shape index (κ1) is 14.6. The third-order valence-corrected chi connectivity index (χ3v) is 3.35. The van der Waals surface area contributed by atoms with Gasteiger partial charge in [-0.15, -0.1) is 0 Å². The van der Waals surface area contributed by atoms with Crippen molar-refractivity contribution in [2.45, 2.75) is 12.5 Å². The van der Waals surface area contributed by atoms with E-state index in [0.717, 1.165) is 5.69 Å². The molecule has 0 unspecified atom stereocenters. The molecule has 2 aromatic rings. The van der Waals surface area contributed by atoms with Gasteiger partial charge in [0.2, 0.25) is 0 Å².